The highest BCUT2D eigenvalue weighted by molar-refractivity contribution is 7.87. The van der Waals surface area contributed by atoms with E-state index in [9.17, 15) is 13.2 Å². The molecule has 0 unspecified atom stereocenters. The van der Waals surface area contributed by atoms with E-state index in [0.29, 0.717) is 24.5 Å². The maximum atomic E-state index is 12.6. The highest BCUT2D eigenvalue weighted by atomic mass is 32.2. The third kappa shape index (κ3) is 3.77. The fourth-order valence-electron chi connectivity index (χ4n) is 2.79. The lowest BCUT2D eigenvalue weighted by atomic mass is 10.2. The summed E-state index contributed by atoms with van der Waals surface area (Å²) in [5.41, 5.74) is 0.599. The van der Waals surface area contributed by atoms with E-state index in [1.54, 1.807) is 12.1 Å². The zero-order chi connectivity index (χ0) is 20.3. The molecule has 10 heteroatoms. The van der Waals surface area contributed by atoms with Crippen LogP contribution in [0.1, 0.15) is 0 Å². The first kappa shape index (κ1) is 19.6. The van der Waals surface area contributed by atoms with E-state index in [1.165, 1.54) is 50.5 Å². The minimum absolute atomic E-state index is 0.0116. The summed E-state index contributed by atoms with van der Waals surface area (Å²) in [6.07, 6.45) is 0. The van der Waals surface area contributed by atoms with Gasteiger partial charge in [0, 0.05) is 30.9 Å². The molecule has 1 heterocycles. The molecule has 0 spiro atoms. The zero-order valence-electron chi connectivity index (χ0n) is 15.6. The Morgan fingerprint density at radius 1 is 1.00 bits per heavy atom. The lowest BCUT2D eigenvalue weighted by Crippen LogP contribution is -2.27. The van der Waals surface area contributed by atoms with Crippen LogP contribution in [0.15, 0.2) is 41.3 Å². The first-order valence-corrected chi connectivity index (χ1v) is 9.70. The van der Waals surface area contributed by atoms with Gasteiger partial charge in [0.25, 0.3) is 0 Å². The molecule has 1 aliphatic rings. The molecule has 1 saturated heterocycles. The summed E-state index contributed by atoms with van der Waals surface area (Å²) in [5.74, 6) is 0.866. The molecule has 0 radical (unpaired) electrons. The van der Waals surface area contributed by atoms with Gasteiger partial charge in [0.1, 0.15) is 4.90 Å². The van der Waals surface area contributed by atoms with Gasteiger partial charge in [-0.15, -0.1) is 0 Å². The van der Waals surface area contributed by atoms with Gasteiger partial charge < -0.3 is 23.7 Å². The molecule has 2 aromatic rings. The fourth-order valence-corrected chi connectivity index (χ4v) is 3.71. The monoisotopic (exact) mass is 410 g/mol. The van der Waals surface area contributed by atoms with Crippen LogP contribution in [0.5, 0.6) is 23.0 Å². The van der Waals surface area contributed by atoms with Crippen molar-refractivity contribution < 1.29 is 31.6 Å². The van der Waals surface area contributed by atoms with Crippen molar-refractivity contribution in [1.82, 2.24) is 5.32 Å². The Morgan fingerprint density at radius 3 is 2.07 bits per heavy atom. The van der Waals surface area contributed by atoms with Crippen LogP contribution in [0.2, 0.25) is 0 Å². The van der Waals surface area contributed by atoms with Gasteiger partial charge in [-0.2, -0.15) is 8.42 Å². The Labute approximate surface area is 162 Å². The van der Waals surface area contributed by atoms with Crippen LogP contribution < -0.4 is 28.6 Å². The molecule has 3 rings (SSSR count). The number of urea groups is 1. The number of benzene rings is 2. The number of carbonyl (C=O) groups is 1. The molecule has 0 bridgehead atoms. The van der Waals surface area contributed by atoms with Crippen LogP contribution in [0.3, 0.4) is 0 Å². The molecule has 0 atom stereocenters. The molecular weight excluding hydrogens is 390 g/mol. The average molecular weight is 410 g/mol. The number of ether oxygens (including phenoxy) is 3. The topological polar surface area (TPSA) is 103 Å². The third-order valence-corrected chi connectivity index (χ3v) is 5.40. The summed E-state index contributed by atoms with van der Waals surface area (Å²) in [7, 11) is 0.176. The van der Waals surface area contributed by atoms with E-state index in [4.69, 9.17) is 18.4 Å². The van der Waals surface area contributed by atoms with Gasteiger partial charge in [-0.05, 0) is 24.3 Å². The molecule has 9 nitrogen and oxygen atoms in total. The van der Waals surface area contributed by atoms with Gasteiger partial charge in [-0.25, -0.2) is 4.79 Å². The van der Waals surface area contributed by atoms with Gasteiger partial charge >= 0.3 is 16.1 Å². The average Bonchev–Trinajstić information content (AvgIpc) is 3.12. The van der Waals surface area contributed by atoms with Gasteiger partial charge in [0.2, 0.25) is 5.75 Å². The minimum atomic E-state index is -4.11. The van der Waals surface area contributed by atoms with Crippen LogP contribution in [-0.4, -0.2) is 48.9 Å². The Kier molecular flexibility index (Phi) is 5.50. The van der Waals surface area contributed by atoms with Crippen molar-refractivity contribution in [2.24, 2.45) is 0 Å². The van der Waals surface area contributed by atoms with Gasteiger partial charge in [-0.3, -0.25) is 4.90 Å². The molecule has 0 saturated carbocycles. The van der Waals surface area contributed by atoms with E-state index in [-0.39, 0.29) is 28.2 Å². The molecule has 0 aromatic heterocycles. The number of nitrogens with zero attached hydrogens (tertiary/aromatic N) is 1. The first-order chi connectivity index (χ1) is 13.4. The number of anilines is 1. The molecule has 1 aliphatic heterocycles. The van der Waals surface area contributed by atoms with Crippen LogP contribution in [0.4, 0.5) is 10.5 Å². The standard InChI is InChI=1S/C18H20N2O7S/c1-24-15-10-13(11-16(25-2)17(15)26-3)27-28(22,23)14-6-4-12(5-7-14)20-9-8-19-18(20)21/h4-7,10-11H,8-9H2,1-3H3,(H,19,21)/i18+2. The number of nitrogens with one attached hydrogen (secondary N) is 1. The van der Waals surface area contributed by atoms with Crippen molar-refractivity contribution in [1.29, 1.82) is 0 Å². The van der Waals surface area contributed by atoms with Crippen molar-refractivity contribution in [2.75, 3.05) is 39.3 Å². The summed E-state index contributed by atoms with van der Waals surface area (Å²) >= 11 is 0. The van der Waals surface area contributed by atoms with Crippen LogP contribution in [0, 0.1) is 0 Å². The summed E-state index contributed by atoms with van der Waals surface area (Å²) in [5, 5.41) is 2.69. The van der Waals surface area contributed by atoms with Crippen LogP contribution in [-0.2, 0) is 10.1 Å². The summed E-state index contributed by atoms with van der Waals surface area (Å²) < 4.78 is 46.1. The molecule has 1 fully saturated rings. The predicted molar refractivity (Wildman–Crippen MR) is 101 cm³/mol. The molecular formula is C18H20N2O7S. The lowest BCUT2D eigenvalue weighted by Gasteiger charge is -2.16. The number of methoxy groups -OCH3 is 3. The van der Waals surface area contributed by atoms with Gasteiger partial charge in [0.15, 0.2) is 17.2 Å². The second-order valence-electron chi connectivity index (χ2n) is 5.78. The SMILES string of the molecule is COc1cc(OS(=O)(=O)c2ccc(N3CCN[14C]3=O)cc2)cc(OC)c1OC. The normalized spacial score (nSPS) is 13.8. The molecule has 0 aliphatic carbocycles. The van der Waals surface area contributed by atoms with Crippen molar-refractivity contribution >= 4 is 21.8 Å². The summed E-state index contributed by atoms with van der Waals surface area (Å²) in [6, 6.07) is 8.43. The van der Waals surface area contributed by atoms with Gasteiger partial charge in [-0.1, -0.05) is 0 Å². The number of carbonyl (C=O) groups excluding carboxylic acids is 1. The van der Waals surface area contributed by atoms with Crippen LogP contribution >= 0.6 is 0 Å². The first-order valence-electron chi connectivity index (χ1n) is 8.29. The third-order valence-electron chi connectivity index (χ3n) is 4.14. The number of amides is 2. The molecule has 2 amide bonds. The maximum Gasteiger partial charge on any atom is 0.339 e. The largest absolute Gasteiger partial charge is 0.493 e. The Balaban J connectivity index is 1.86. The van der Waals surface area contributed by atoms with Crippen LogP contribution in [0.25, 0.3) is 0 Å². The van der Waals surface area contributed by atoms with Crippen molar-refractivity contribution in [3.05, 3.63) is 36.4 Å². The van der Waals surface area contributed by atoms with Gasteiger partial charge in [0.05, 0.1) is 21.3 Å². The number of rotatable bonds is 7. The van der Waals surface area contributed by atoms with Crippen molar-refractivity contribution in [3.63, 3.8) is 0 Å². The molecule has 150 valence electrons. The minimum Gasteiger partial charge on any atom is -0.493 e. The van der Waals surface area contributed by atoms with E-state index >= 15 is 0 Å². The summed E-state index contributed by atoms with van der Waals surface area (Å²) in [4.78, 5) is 13.2. The second-order valence-corrected chi connectivity index (χ2v) is 7.32. The Morgan fingerprint density at radius 2 is 1.61 bits per heavy atom. The quantitative estimate of drug-likeness (QED) is 0.697. The Hall–Kier alpha value is -3.14. The molecule has 1 N–H and O–H groups in total. The van der Waals surface area contributed by atoms with E-state index in [0.717, 1.165) is 0 Å². The lowest BCUT2D eigenvalue weighted by molar-refractivity contribution is 0.252. The van der Waals surface area contributed by atoms with E-state index in [1.807, 2.05) is 0 Å². The highest BCUT2D eigenvalue weighted by Gasteiger charge is 2.23. The van der Waals surface area contributed by atoms with E-state index in [2.05, 4.69) is 5.32 Å². The second kappa shape index (κ2) is 7.85. The molecule has 2 aromatic carbocycles. The van der Waals surface area contributed by atoms with E-state index < -0.39 is 10.1 Å². The van der Waals surface area contributed by atoms with Crippen molar-refractivity contribution in [2.45, 2.75) is 4.90 Å². The molecule has 28 heavy (non-hydrogen) atoms. The Bertz CT molecular complexity index is 949. The zero-order valence-corrected chi connectivity index (χ0v) is 16.4. The fraction of sp³-hybridized carbons (Fsp3) is 0.278. The predicted octanol–water partition coefficient (Wildman–Crippen LogP) is 2.01. The number of hydrogen-bond donors (Lipinski definition) is 1. The smallest absolute Gasteiger partial charge is 0.339 e. The van der Waals surface area contributed by atoms with Crippen molar-refractivity contribution in [3.8, 4) is 23.0 Å². The number of hydrogen-bond acceptors (Lipinski definition) is 7. The highest BCUT2D eigenvalue weighted by Crippen LogP contribution is 2.41. The summed E-state index contributed by atoms with van der Waals surface area (Å²) in [6.45, 7) is 1.07. The maximum absolute atomic E-state index is 12.6.